The van der Waals surface area contributed by atoms with Crippen LogP contribution >= 0.6 is 0 Å². The summed E-state index contributed by atoms with van der Waals surface area (Å²) in [7, 11) is 0. The van der Waals surface area contributed by atoms with E-state index in [1.807, 2.05) is 0 Å². The van der Waals surface area contributed by atoms with Crippen molar-refractivity contribution in [2.24, 2.45) is 0 Å². The number of nitrogens with one attached hydrogen (secondary N) is 1. The minimum absolute atomic E-state index is 0.194. The van der Waals surface area contributed by atoms with Gasteiger partial charge in [0.1, 0.15) is 5.56 Å². The topological polar surface area (TPSA) is 79.5 Å². The van der Waals surface area contributed by atoms with Crippen molar-refractivity contribution in [2.75, 3.05) is 13.1 Å². The van der Waals surface area contributed by atoms with Crippen molar-refractivity contribution in [1.29, 1.82) is 0 Å². The summed E-state index contributed by atoms with van der Waals surface area (Å²) in [6, 6.07) is 3.23. The van der Waals surface area contributed by atoms with Crippen LogP contribution in [0, 0.1) is 0 Å². The van der Waals surface area contributed by atoms with Gasteiger partial charge in [0, 0.05) is 18.7 Å². The van der Waals surface area contributed by atoms with Crippen LogP contribution in [0.25, 0.3) is 5.65 Å². The van der Waals surface area contributed by atoms with Crippen LogP contribution in [0.15, 0.2) is 18.3 Å². The van der Waals surface area contributed by atoms with E-state index in [1.165, 1.54) is 0 Å². The largest absolute Gasteiger partial charge is 0.478 e. The van der Waals surface area contributed by atoms with Crippen LogP contribution in [0.5, 0.6) is 0 Å². The summed E-state index contributed by atoms with van der Waals surface area (Å²) < 4.78 is 1.55. The van der Waals surface area contributed by atoms with Gasteiger partial charge >= 0.3 is 5.97 Å². The average molecular weight is 246 g/mol. The zero-order chi connectivity index (χ0) is 12.5. The lowest BCUT2D eigenvalue weighted by Crippen LogP contribution is -2.28. The molecule has 0 saturated carbocycles. The zero-order valence-electron chi connectivity index (χ0n) is 9.83. The molecule has 6 heteroatoms. The van der Waals surface area contributed by atoms with Crippen LogP contribution in [0.1, 0.15) is 34.9 Å². The van der Waals surface area contributed by atoms with E-state index in [9.17, 15) is 4.79 Å². The van der Waals surface area contributed by atoms with Gasteiger partial charge in [-0.3, -0.25) is 0 Å². The molecule has 1 unspecified atom stereocenters. The molecule has 2 N–H and O–H groups in total. The van der Waals surface area contributed by atoms with Gasteiger partial charge in [0.25, 0.3) is 0 Å². The van der Waals surface area contributed by atoms with Crippen molar-refractivity contribution in [3.63, 3.8) is 0 Å². The van der Waals surface area contributed by atoms with E-state index in [-0.39, 0.29) is 11.5 Å². The van der Waals surface area contributed by atoms with Gasteiger partial charge in [0.05, 0.1) is 0 Å². The van der Waals surface area contributed by atoms with Crippen LogP contribution in [0.4, 0.5) is 0 Å². The van der Waals surface area contributed by atoms with E-state index in [4.69, 9.17) is 5.11 Å². The second-order valence-electron chi connectivity index (χ2n) is 4.51. The van der Waals surface area contributed by atoms with Gasteiger partial charge < -0.3 is 10.4 Å². The van der Waals surface area contributed by atoms with Gasteiger partial charge in [-0.2, -0.15) is 5.10 Å². The minimum atomic E-state index is -0.971. The van der Waals surface area contributed by atoms with Crippen molar-refractivity contribution in [1.82, 2.24) is 19.9 Å². The normalized spacial score (nSPS) is 20.1. The van der Waals surface area contributed by atoms with Gasteiger partial charge in [-0.05, 0) is 31.5 Å². The average Bonchev–Trinajstić information content (AvgIpc) is 2.83. The second-order valence-corrected chi connectivity index (χ2v) is 4.51. The molecule has 3 heterocycles. The molecular weight excluding hydrogens is 232 g/mol. The Morgan fingerprint density at radius 1 is 1.56 bits per heavy atom. The molecule has 18 heavy (non-hydrogen) atoms. The van der Waals surface area contributed by atoms with Gasteiger partial charge in [0.2, 0.25) is 0 Å². The number of hydrogen-bond donors (Lipinski definition) is 2. The van der Waals surface area contributed by atoms with Crippen molar-refractivity contribution < 1.29 is 9.90 Å². The molecule has 1 fully saturated rings. The molecule has 2 aromatic heterocycles. The summed E-state index contributed by atoms with van der Waals surface area (Å²) in [6.45, 7) is 1.89. The highest BCUT2D eigenvalue weighted by atomic mass is 16.4. The van der Waals surface area contributed by atoms with Crippen molar-refractivity contribution in [3.8, 4) is 0 Å². The number of fused-ring (bicyclic) bond motifs is 1. The molecule has 2 aromatic rings. The number of hydrogen-bond acceptors (Lipinski definition) is 4. The molecule has 6 nitrogen and oxygen atoms in total. The maximum absolute atomic E-state index is 11.1. The number of carbonyl (C=O) groups is 1. The molecule has 0 bridgehead atoms. The highest BCUT2D eigenvalue weighted by Gasteiger charge is 2.21. The van der Waals surface area contributed by atoms with Gasteiger partial charge in [-0.1, -0.05) is 0 Å². The highest BCUT2D eigenvalue weighted by Crippen LogP contribution is 2.21. The van der Waals surface area contributed by atoms with Crippen LogP contribution in [-0.2, 0) is 0 Å². The van der Waals surface area contributed by atoms with E-state index in [2.05, 4.69) is 15.4 Å². The maximum Gasteiger partial charge on any atom is 0.339 e. The molecule has 0 spiro atoms. The number of carboxylic acid groups (broad SMARTS) is 1. The molecule has 0 aromatic carbocycles. The van der Waals surface area contributed by atoms with Crippen molar-refractivity contribution in [2.45, 2.75) is 18.8 Å². The Morgan fingerprint density at radius 2 is 2.44 bits per heavy atom. The Bertz CT molecular complexity index is 587. The standard InChI is InChI=1S/C12H14N4O2/c17-12(18)9-4-2-6-16-11(9)14-10(15-16)8-3-1-5-13-7-8/h2,4,6,8,13H,1,3,5,7H2,(H,17,18). The smallest absolute Gasteiger partial charge is 0.339 e. The van der Waals surface area contributed by atoms with Crippen LogP contribution in [0.3, 0.4) is 0 Å². The Hall–Kier alpha value is -1.95. The third-order valence-corrected chi connectivity index (χ3v) is 3.27. The van der Waals surface area contributed by atoms with Gasteiger partial charge in [-0.15, -0.1) is 0 Å². The zero-order valence-corrected chi connectivity index (χ0v) is 9.83. The fourth-order valence-corrected chi connectivity index (χ4v) is 2.33. The van der Waals surface area contributed by atoms with E-state index in [0.717, 1.165) is 31.8 Å². The second kappa shape index (κ2) is 4.38. The number of carboxylic acids is 1. The summed E-state index contributed by atoms with van der Waals surface area (Å²) in [6.07, 6.45) is 3.88. The predicted octanol–water partition coefficient (Wildman–Crippen LogP) is 0.894. The SMILES string of the molecule is O=C(O)c1cccn2nc(C3CCCNC3)nc12. The number of piperidine rings is 1. The third-order valence-electron chi connectivity index (χ3n) is 3.27. The Balaban J connectivity index is 2.04. The summed E-state index contributed by atoms with van der Waals surface area (Å²) >= 11 is 0. The molecular formula is C12H14N4O2. The Labute approximate surface area is 104 Å². The Morgan fingerprint density at radius 3 is 3.17 bits per heavy atom. The first-order valence-electron chi connectivity index (χ1n) is 6.05. The molecule has 0 aliphatic carbocycles. The first kappa shape index (κ1) is 11.2. The number of aromatic nitrogens is 3. The molecule has 1 atom stereocenters. The fourth-order valence-electron chi connectivity index (χ4n) is 2.33. The molecule has 94 valence electrons. The predicted molar refractivity (Wildman–Crippen MR) is 64.8 cm³/mol. The maximum atomic E-state index is 11.1. The lowest BCUT2D eigenvalue weighted by molar-refractivity contribution is 0.0698. The number of rotatable bonds is 2. The van der Waals surface area contributed by atoms with Crippen molar-refractivity contribution in [3.05, 3.63) is 29.7 Å². The molecule has 0 amide bonds. The van der Waals surface area contributed by atoms with E-state index in [0.29, 0.717) is 5.65 Å². The number of aromatic carboxylic acids is 1. The summed E-state index contributed by atoms with van der Waals surface area (Å²) in [5.41, 5.74) is 0.616. The van der Waals surface area contributed by atoms with Gasteiger partial charge in [0.15, 0.2) is 11.5 Å². The first-order valence-corrected chi connectivity index (χ1v) is 6.05. The first-order chi connectivity index (χ1) is 8.75. The van der Waals surface area contributed by atoms with E-state index in [1.54, 1.807) is 22.8 Å². The quantitative estimate of drug-likeness (QED) is 0.822. The highest BCUT2D eigenvalue weighted by molar-refractivity contribution is 5.94. The molecule has 3 rings (SSSR count). The fraction of sp³-hybridized carbons (Fsp3) is 0.417. The molecule has 1 saturated heterocycles. The summed E-state index contributed by atoms with van der Waals surface area (Å²) in [5, 5.41) is 16.8. The molecule has 1 aliphatic rings. The molecule has 0 radical (unpaired) electrons. The minimum Gasteiger partial charge on any atom is -0.478 e. The van der Waals surface area contributed by atoms with Gasteiger partial charge in [-0.25, -0.2) is 14.3 Å². The summed E-state index contributed by atoms with van der Waals surface area (Å²) in [4.78, 5) is 15.5. The van der Waals surface area contributed by atoms with Crippen LogP contribution in [0.2, 0.25) is 0 Å². The van der Waals surface area contributed by atoms with Crippen molar-refractivity contribution >= 4 is 11.6 Å². The Kier molecular flexibility index (Phi) is 2.71. The van der Waals surface area contributed by atoms with E-state index < -0.39 is 5.97 Å². The monoisotopic (exact) mass is 246 g/mol. The number of pyridine rings is 1. The number of nitrogens with zero attached hydrogens (tertiary/aromatic N) is 3. The lowest BCUT2D eigenvalue weighted by atomic mass is 9.99. The lowest BCUT2D eigenvalue weighted by Gasteiger charge is -2.19. The van der Waals surface area contributed by atoms with E-state index >= 15 is 0 Å². The molecule has 1 aliphatic heterocycles. The third kappa shape index (κ3) is 1.84. The van der Waals surface area contributed by atoms with Crippen LogP contribution in [-0.4, -0.2) is 38.8 Å². The van der Waals surface area contributed by atoms with Crippen LogP contribution < -0.4 is 5.32 Å². The summed E-state index contributed by atoms with van der Waals surface area (Å²) in [5.74, 6) is 0.0394.